The largest absolute Gasteiger partial charge is 0.279 e. The highest BCUT2D eigenvalue weighted by molar-refractivity contribution is 6.44. The van der Waals surface area contributed by atoms with Crippen LogP contribution < -0.4 is 0 Å². The van der Waals surface area contributed by atoms with Crippen molar-refractivity contribution in [2.45, 2.75) is 0 Å². The molecule has 1 aromatic rings. The second kappa shape index (κ2) is 3.62. The number of benzene rings is 1. The Morgan fingerprint density at radius 1 is 1.42 bits per heavy atom. The van der Waals surface area contributed by atoms with Crippen molar-refractivity contribution in [3.8, 4) is 12.3 Å². The van der Waals surface area contributed by atoms with Gasteiger partial charge in [-0.3, -0.25) is 4.79 Å². The molecule has 0 fully saturated rings. The zero-order valence-electron chi connectivity index (χ0n) is 5.97. The van der Waals surface area contributed by atoms with Crippen LogP contribution in [0.4, 0.5) is 0 Å². The summed E-state index contributed by atoms with van der Waals surface area (Å²) in [4.78, 5) is 11.0. The van der Waals surface area contributed by atoms with E-state index in [9.17, 15) is 4.79 Å². The molecule has 0 aromatic heterocycles. The third-order valence-corrected chi connectivity index (χ3v) is 2.15. The van der Waals surface area contributed by atoms with Gasteiger partial charge in [0.25, 0.3) is 0 Å². The molecular formula is C9H4Cl2O. The monoisotopic (exact) mass is 198 g/mol. The molecular weight excluding hydrogens is 195 g/mol. The van der Waals surface area contributed by atoms with E-state index in [2.05, 4.69) is 0 Å². The lowest BCUT2D eigenvalue weighted by Gasteiger charge is -1.99. The molecule has 3 heteroatoms. The Hall–Kier alpha value is -0.970. The van der Waals surface area contributed by atoms with Crippen molar-refractivity contribution < 1.29 is 4.79 Å². The van der Waals surface area contributed by atoms with E-state index in [-0.39, 0.29) is 10.6 Å². The van der Waals surface area contributed by atoms with Gasteiger partial charge in [0.15, 0.2) is 0 Å². The van der Waals surface area contributed by atoms with Crippen LogP contribution in [0.5, 0.6) is 0 Å². The summed E-state index contributed by atoms with van der Waals surface area (Å²) < 4.78 is 0. The maximum Gasteiger partial charge on any atom is 0.237 e. The molecule has 0 bridgehead atoms. The number of rotatable bonds is 1. The molecule has 0 aliphatic carbocycles. The molecule has 0 radical (unpaired) electrons. The molecule has 12 heavy (non-hydrogen) atoms. The molecule has 60 valence electrons. The minimum absolute atomic E-state index is 0.210. The van der Waals surface area contributed by atoms with Crippen LogP contribution in [0.3, 0.4) is 0 Å². The highest BCUT2D eigenvalue weighted by Crippen LogP contribution is 2.25. The first-order valence-corrected chi connectivity index (χ1v) is 3.87. The topological polar surface area (TPSA) is 17.1 Å². The first kappa shape index (κ1) is 9.12. The molecule has 0 heterocycles. The number of terminal acetylenes is 1. The van der Waals surface area contributed by atoms with Crippen LogP contribution in [0.1, 0.15) is 10.4 Å². The first-order valence-electron chi connectivity index (χ1n) is 3.11. The lowest BCUT2D eigenvalue weighted by Crippen LogP contribution is -1.95. The zero-order chi connectivity index (χ0) is 9.14. The lowest BCUT2D eigenvalue weighted by atomic mass is 10.1. The predicted octanol–water partition coefficient (Wildman–Crippen LogP) is 2.81. The highest BCUT2D eigenvalue weighted by Gasteiger charge is 2.09. The molecule has 0 unspecified atom stereocenters. The summed E-state index contributed by atoms with van der Waals surface area (Å²) in [7, 11) is 0. The molecule has 0 N–H and O–H groups in total. The molecule has 0 spiro atoms. The van der Waals surface area contributed by atoms with Gasteiger partial charge in [-0.2, -0.15) is 0 Å². The van der Waals surface area contributed by atoms with Gasteiger partial charge in [-0.15, -0.1) is 6.42 Å². The number of Topliss-reactive ketones (excluding diaryl/α,β-unsaturated/α-hetero) is 1. The Morgan fingerprint density at radius 3 is 2.67 bits per heavy atom. The van der Waals surface area contributed by atoms with Gasteiger partial charge in [0, 0.05) is 0 Å². The highest BCUT2D eigenvalue weighted by atomic mass is 35.5. The number of carbonyl (C=O) groups excluding carboxylic acids is 1. The fourth-order valence-electron chi connectivity index (χ4n) is 0.757. The maximum atomic E-state index is 11.0. The Labute approximate surface area is 80.3 Å². The SMILES string of the molecule is C#CC(=O)c1cccc(Cl)c1Cl. The average molecular weight is 199 g/mol. The van der Waals surface area contributed by atoms with Gasteiger partial charge in [0.05, 0.1) is 15.6 Å². The van der Waals surface area contributed by atoms with E-state index in [1.807, 2.05) is 5.92 Å². The van der Waals surface area contributed by atoms with E-state index in [1.54, 1.807) is 12.1 Å². The Bertz CT molecular complexity index is 363. The quantitative estimate of drug-likeness (QED) is 0.386. The summed E-state index contributed by atoms with van der Waals surface area (Å²) in [6.45, 7) is 0. The Morgan fingerprint density at radius 2 is 2.08 bits per heavy atom. The van der Waals surface area contributed by atoms with Crippen molar-refractivity contribution in [1.29, 1.82) is 0 Å². The molecule has 1 rings (SSSR count). The number of carbonyl (C=O) groups is 1. The van der Waals surface area contributed by atoms with Gasteiger partial charge in [-0.05, 0) is 18.1 Å². The summed E-state index contributed by atoms with van der Waals surface area (Å²) in [5, 5.41) is 0.542. The predicted molar refractivity (Wildman–Crippen MR) is 49.6 cm³/mol. The van der Waals surface area contributed by atoms with Crippen molar-refractivity contribution in [2.75, 3.05) is 0 Å². The van der Waals surface area contributed by atoms with Crippen molar-refractivity contribution in [3.05, 3.63) is 33.8 Å². The van der Waals surface area contributed by atoms with Crippen molar-refractivity contribution in [3.63, 3.8) is 0 Å². The minimum atomic E-state index is -0.456. The molecule has 0 saturated heterocycles. The smallest absolute Gasteiger partial charge is 0.237 e. The van der Waals surface area contributed by atoms with Crippen LogP contribution in [0.15, 0.2) is 18.2 Å². The van der Waals surface area contributed by atoms with Gasteiger partial charge in [0.2, 0.25) is 5.78 Å². The van der Waals surface area contributed by atoms with Crippen LogP contribution in [-0.4, -0.2) is 5.78 Å². The van der Waals surface area contributed by atoms with Gasteiger partial charge in [-0.25, -0.2) is 0 Å². The van der Waals surface area contributed by atoms with E-state index in [0.717, 1.165) is 0 Å². The Balaban J connectivity index is 3.28. The minimum Gasteiger partial charge on any atom is -0.279 e. The van der Waals surface area contributed by atoms with Gasteiger partial charge < -0.3 is 0 Å². The third-order valence-electron chi connectivity index (χ3n) is 1.33. The van der Waals surface area contributed by atoms with E-state index in [1.165, 1.54) is 6.07 Å². The van der Waals surface area contributed by atoms with Gasteiger partial charge in [0.1, 0.15) is 0 Å². The summed E-state index contributed by atoms with van der Waals surface area (Å²) in [6, 6.07) is 4.76. The number of halogens is 2. The van der Waals surface area contributed by atoms with Crippen LogP contribution in [0.25, 0.3) is 0 Å². The standard InChI is InChI=1S/C9H4Cl2O/c1-2-8(12)6-4-3-5-7(10)9(6)11/h1,3-5H. The molecule has 0 atom stereocenters. The first-order chi connectivity index (χ1) is 5.66. The summed E-state index contributed by atoms with van der Waals surface area (Å²) in [5.41, 5.74) is 0.270. The van der Waals surface area contributed by atoms with Crippen molar-refractivity contribution in [1.82, 2.24) is 0 Å². The van der Waals surface area contributed by atoms with E-state index >= 15 is 0 Å². The molecule has 0 amide bonds. The zero-order valence-corrected chi connectivity index (χ0v) is 7.49. The molecule has 1 nitrogen and oxygen atoms in total. The van der Waals surface area contributed by atoms with Crippen LogP contribution in [-0.2, 0) is 0 Å². The van der Waals surface area contributed by atoms with Crippen LogP contribution >= 0.6 is 23.2 Å². The van der Waals surface area contributed by atoms with Crippen molar-refractivity contribution in [2.24, 2.45) is 0 Å². The summed E-state index contributed by atoms with van der Waals surface area (Å²) in [6.07, 6.45) is 4.92. The van der Waals surface area contributed by atoms with E-state index < -0.39 is 5.78 Å². The normalized spacial score (nSPS) is 9.08. The maximum absolute atomic E-state index is 11.0. The lowest BCUT2D eigenvalue weighted by molar-refractivity contribution is 0.105. The van der Waals surface area contributed by atoms with Crippen molar-refractivity contribution >= 4 is 29.0 Å². The van der Waals surface area contributed by atoms with E-state index in [0.29, 0.717) is 5.02 Å². The second-order valence-corrected chi connectivity index (χ2v) is 2.86. The fraction of sp³-hybridized carbons (Fsp3) is 0. The molecule has 1 aromatic carbocycles. The number of ketones is 1. The number of hydrogen-bond donors (Lipinski definition) is 0. The van der Waals surface area contributed by atoms with Crippen LogP contribution in [0, 0.1) is 12.3 Å². The summed E-state index contributed by atoms with van der Waals surface area (Å²) in [5.74, 6) is 1.51. The average Bonchev–Trinajstić information content (AvgIpc) is 2.08. The van der Waals surface area contributed by atoms with Crippen LogP contribution in [0.2, 0.25) is 10.0 Å². The fourth-order valence-corrected chi connectivity index (χ4v) is 1.14. The third kappa shape index (κ3) is 1.61. The van der Waals surface area contributed by atoms with Gasteiger partial charge >= 0.3 is 0 Å². The Kier molecular flexibility index (Phi) is 2.75. The molecule has 0 saturated carbocycles. The molecule has 0 aliphatic heterocycles. The second-order valence-electron chi connectivity index (χ2n) is 2.07. The molecule has 0 aliphatic rings. The summed E-state index contributed by atoms with van der Waals surface area (Å²) >= 11 is 11.4. The number of hydrogen-bond acceptors (Lipinski definition) is 1. The van der Waals surface area contributed by atoms with Gasteiger partial charge in [-0.1, -0.05) is 29.3 Å². The van der Waals surface area contributed by atoms with E-state index in [4.69, 9.17) is 29.6 Å².